The van der Waals surface area contributed by atoms with E-state index in [1.54, 1.807) is 7.11 Å². The maximum atomic E-state index is 11.6. The zero-order chi connectivity index (χ0) is 16.8. The van der Waals surface area contributed by atoms with Gasteiger partial charge in [0, 0.05) is 11.8 Å². The monoisotopic (exact) mass is 375 g/mol. The minimum Gasteiger partial charge on any atom is -0.495 e. The fraction of sp³-hybridized carbons (Fsp3) is 0.167. The third kappa shape index (κ3) is 4.13. The third-order valence-electron chi connectivity index (χ3n) is 3.40. The van der Waals surface area contributed by atoms with Crippen LogP contribution < -0.4 is 10.1 Å². The predicted octanol–water partition coefficient (Wildman–Crippen LogP) is 4.78. The summed E-state index contributed by atoms with van der Waals surface area (Å²) < 4.78 is 6.13. The number of carboxylic acid groups (broad SMARTS) is 1. The number of carboxylic acids is 1. The molecule has 0 saturated heterocycles. The van der Waals surface area contributed by atoms with E-state index in [9.17, 15) is 9.90 Å². The number of ether oxygens (including phenoxy) is 1. The van der Waals surface area contributed by atoms with E-state index in [1.165, 1.54) is 0 Å². The van der Waals surface area contributed by atoms with Gasteiger partial charge in [-0.3, -0.25) is 0 Å². The van der Waals surface area contributed by atoms with Crippen molar-refractivity contribution < 1.29 is 14.6 Å². The first kappa shape index (κ1) is 17.1. The molecular weight excluding hydrogens is 358 g/mol. The average Bonchev–Trinajstić information content (AvgIpc) is 2.56. The first-order valence-electron chi connectivity index (χ1n) is 7.19. The zero-order valence-corrected chi connectivity index (χ0v) is 14.6. The molecule has 2 N–H and O–H groups in total. The van der Waals surface area contributed by atoms with Crippen LogP contribution in [0.5, 0.6) is 5.75 Å². The molecule has 0 bridgehead atoms. The highest BCUT2D eigenvalue weighted by Crippen LogP contribution is 2.30. The highest BCUT2D eigenvalue weighted by Gasteiger charge is 2.15. The zero-order valence-electron chi connectivity index (χ0n) is 13.0. The SMILES string of the molecule is CC/C(C(=O)O)=C(\Nc1ccc(Br)c(OC)c1)c1ccccc1. The van der Waals surface area contributed by atoms with Gasteiger partial charge in [-0.15, -0.1) is 0 Å². The molecule has 0 amide bonds. The average molecular weight is 376 g/mol. The summed E-state index contributed by atoms with van der Waals surface area (Å²) >= 11 is 3.41. The van der Waals surface area contributed by atoms with Crippen LogP contribution in [0.2, 0.25) is 0 Å². The van der Waals surface area contributed by atoms with Gasteiger partial charge in [-0.25, -0.2) is 4.79 Å². The lowest BCUT2D eigenvalue weighted by atomic mass is 10.0. The van der Waals surface area contributed by atoms with Crippen LogP contribution >= 0.6 is 15.9 Å². The van der Waals surface area contributed by atoms with Crippen LogP contribution in [0, 0.1) is 0 Å². The lowest BCUT2D eigenvalue weighted by Gasteiger charge is -2.16. The Hall–Kier alpha value is -2.27. The quantitative estimate of drug-likeness (QED) is 0.713. The van der Waals surface area contributed by atoms with Crippen LogP contribution in [0.1, 0.15) is 18.9 Å². The van der Waals surface area contributed by atoms with E-state index in [0.29, 0.717) is 23.4 Å². The van der Waals surface area contributed by atoms with Crippen LogP contribution in [-0.4, -0.2) is 18.2 Å². The van der Waals surface area contributed by atoms with Crippen molar-refractivity contribution in [1.29, 1.82) is 0 Å². The Kier molecular flexibility index (Phi) is 5.82. The lowest BCUT2D eigenvalue weighted by molar-refractivity contribution is -0.132. The Morgan fingerprint density at radius 2 is 1.91 bits per heavy atom. The molecule has 0 fully saturated rings. The summed E-state index contributed by atoms with van der Waals surface area (Å²) in [5.74, 6) is -0.251. The first-order valence-corrected chi connectivity index (χ1v) is 7.98. The molecular formula is C18H18BrNO3. The van der Waals surface area contributed by atoms with E-state index >= 15 is 0 Å². The second-order valence-electron chi connectivity index (χ2n) is 4.85. The van der Waals surface area contributed by atoms with Gasteiger partial charge in [-0.1, -0.05) is 37.3 Å². The van der Waals surface area contributed by atoms with E-state index in [1.807, 2.05) is 55.5 Å². The first-order chi connectivity index (χ1) is 11.1. The molecule has 0 radical (unpaired) electrons. The van der Waals surface area contributed by atoms with Crippen LogP contribution in [0.3, 0.4) is 0 Å². The van der Waals surface area contributed by atoms with Crippen molar-refractivity contribution in [1.82, 2.24) is 0 Å². The molecule has 2 aromatic carbocycles. The minimum atomic E-state index is -0.928. The van der Waals surface area contributed by atoms with Crippen molar-refractivity contribution in [2.75, 3.05) is 12.4 Å². The van der Waals surface area contributed by atoms with Crippen molar-refractivity contribution >= 4 is 33.3 Å². The van der Waals surface area contributed by atoms with Gasteiger partial charge in [-0.05, 0) is 40.0 Å². The van der Waals surface area contributed by atoms with E-state index in [-0.39, 0.29) is 0 Å². The normalized spacial score (nSPS) is 11.6. The highest BCUT2D eigenvalue weighted by molar-refractivity contribution is 9.10. The second-order valence-corrected chi connectivity index (χ2v) is 5.71. The molecule has 2 aromatic rings. The van der Waals surface area contributed by atoms with Gasteiger partial charge in [-0.2, -0.15) is 0 Å². The third-order valence-corrected chi connectivity index (χ3v) is 4.05. The number of anilines is 1. The summed E-state index contributed by atoms with van der Waals surface area (Å²) in [5, 5.41) is 12.7. The van der Waals surface area contributed by atoms with Gasteiger partial charge in [0.1, 0.15) is 5.75 Å². The Balaban J connectivity index is 2.50. The summed E-state index contributed by atoms with van der Waals surface area (Å²) in [6.45, 7) is 1.83. The van der Waals surface area contributed by atoms with Gasteiger partial charge < -0.3 is 15.2 Å². The number of halogens is 1. The van der Waals surface area contributed by atoms with Gasteiger partial charge in [0.25, 0.3) is 0 Å². The molecule has 0 aliphatic rings. The van der Waals surface area contributed by atoms with Gasteiger partial charge in [0.15, 0.2) is 0 Å². The molecule has 4 nitrogen and oxygen atoms in total. The van der Waals surface area contributed by atoms with Crippen molar-refractivity contribution in [3.05, 3.63) is 64.1 Å². The van der Waals surface area contributed by atoms with Crippen molar-refractivity contribution in [2.45, 2.75) is 13.3 Å². The van der Waals surface area contributed by atoms with Crippen molar-refractivity contribution in [3.63, 3.8) is 0 Å². The van der Waals surface area contributed by atoms with Crippen molar-refractivity contribution in [2.24, 2.45) is 0 Å². The van der Waals surface area contributed by atoms with Gasteiger partial charge in [0.05, 0.1) is 22.9 Å². The van der Waals surface area contributed by atoms with Crippen molar-refractivity contribution in [3.8, 4) is 5.75 Å². The topological polar surface area (TPSA) is 58.6 Å². The van der Waals surface area contributed by atoms with Gasteiger partial charge in [0.2, 0.25) is 0 Å². The van der Waals surface area contributed by atoms with E-state index in [0.717, 1.165) is 15.7 Å². The summed E-state index contributed by atoms with van der Waals surface area (Å²) in [7, 11) is 1.59. The molecule has 23 heavy (non-hydrogen) atoms. The second kappa shape index (κ2) is 7.83. The largest absolute Gasteiger partial charge is 0.495 e. The van der Waals surface area contributed by atoms with E-state index < -0.39 is 5.97 Å². The summed E-state index contributed by atoms with van der Waals surface area (Å²) in [5.41, 5.74) is 2.51. The molecule has 2 rings (SSSR count). The molecule has 0 unspecified atom stereocenters. The molecule has 0 saturated carbocycles. The standard InChI is InChI=1S/C18H18BrNO3/c1-3-14(18(21)22)17(12-7-5-4-6-8-12)20-13-9-10-15(19)16(11-13)23-2/h4-11,20H,3H2,1-2H3,(H,21,22)/b17-14+. The molecule has 0 atom stereocenters. The maximum absolute atomic E-state index is 11.6. The van der Waals surface area contributed by atoms with Crippen LogP contribution in [0.25, 0.3) is 5.70 Å². The smallest absolute Gasteiger partial charge is 0.333 e. The number of hydrogen-bond acceptors (Lipinski definition) is 3. The van der Waals surface area contributed by atoms with Crippen LogP contribution in [0.4, 0.5) is 5.69 Å². The molecule has 0 aliphatic carbocycles. The predicted molar refractivity (Wildman–Crippen MR) is 95.6 cm³/mol. The van der Waals surface area contributed by atoms with E-state index in [4.69, 9.17) is 4.74 Å². The Labute approximate surface area is 143 Å². The number of hydrogen-bond donors (Lipinski definition) is 2. The summed E-state index contributed by atoms with van der Waals surface area (Å²) in [6.07, 6.45) is 0.417. The maximum Gasteiger partial charge on any atom is 0.333 e. The summed E-state index contributed by atoms with van der Waals surface area (Å²) in [4.78, 5) is 11.6. The Morgan fingerprint density at radius 3 is 2.48 bits per heavy atom. The Bertz CT molecular complexity index is 726. The Morgan fingerprint density at radius 1 is 1.22 bits per heavy atom. The molecule has 120 valence electrons. The number of carbonyl (C=O) groups is 1. The number of benzene rings is 2. The fourth-order valence-electron chi connectivity index (χ4n) is 2.24. The van der Waals surface area contributed by atoms with Crippen LogP contribution in [-0.2, 0) is 4.79 Å². The van der Waals surface area contributed by atoms with Gasteiger partial charge >= 0.3 is 5.97 Å². The van der Waals surface area contributed by atoms with E-state index in [2.05, 4.69) is 21.2 Å². The number of methoxy groups -OCH3 is 1. The lowest BCUT2D eigenvalue weighted by Crippen LogP contribution is -2.09. The number of aliphatic carboxylic acids is 1. The molecule has 0 spiro atoms. The minimum absolute atomic E-state index is 0.332. The fourth-order valence-corrected chi connectivity index (χ4v) is 2.65. The van der Waals surface area contributed by atoms with Crippen LogP contribution in [0.15, 0.2) is 58.6 Å². The highest BCUT2D eigenvalue weighted by atomic mass is 79.9. The number of rotatable bonds is 6. The molecule has 5 heteroatoms. The number of nitrogens with one attached hydrogen (secondary N) is 1. The summed E-state index contributed by atoms with van der Waals surface area (Å²) in [6, 6.07) is 15.0. The molecule has 0 aromatic heterocycles. The molecule has 0 heterocycles. The molecule has 0 aliphatic heterocycles.